The van der Waals surface area contributed by atoms with E-state index in [0.717, 1.165) is 24.9 Å². The van der Waals surface area contributed by atoms with Crippen molar-refractivity contribution < 1.29 is 4.74 Å². The first kappa shape index (κ1) is 15.3. The van der Waals surface area contributed by atoms with Crippen LogP contribution in [-0.4, -0.2) is 43.8 Å². The lowest BCUT2D eigenvalue weighted by molar-refractivity contribution is -0.0303. The van der Waals surface area contributed by atoms with E-state index in [1.165, 1.54) is 38.6 Å². The second-order valence-corrected chi connectivity index (χ2v) is 6.86. The Morgan fingerprint density at radius 3 is 2.42 bits per heavy atom. The van der Waals surface area contributed by atoms with Gasteiger partial charge in [0.1, 0.15) is 0 Å². The van der Waals surface area contributed by atoms with Gasteiger partial charge in [-0.3, -0.25) is 4.90 Å². The number of rotatable bonds is 4. The molecule has 0 amide bonds. The molecule has 3 atom stereocenters. The van der Waals surface area contributed by atoms with E-state index in [-0.39, 0.29) is 0 Å². The van der Waals surface area contributed by atoms with Crippen LogP contribution < -0.4 is 5.73 Å². The van der Waals surface area contributed by atoms with Crippen LogP contribution in [0.5, 0.6) is 0 Å². The van der Waals surface area contributed by atoms with Gasteiger partial charge in [0.05, 0.1) is 6.10 Å². The molecule has 3 heteroatoms. The minimum Gasteiger partial charge on any atom is -0.380 e. The Kier molecular flexibility index (Phi) is 5.67. The zero-order valence-corrected chi connectivity index (χ0v) is 13.0. The van der Waals surface area contributed by atoms with Crippen molar-refractivity contribution in [3.05, 3.63) is 0 Å². The van der Waals surface area contributed by atoms with E-state index in [4.69, 9.17) is 10.5 Å². The highest BCUT2D eigenvalue weighted by Gasteiger charge is 2.34. The maximum atomic E-state index is 6.11. The molecule has 0 aromatic heterocycles. The van der Waals surface area contributed by atoms with Crippen molar-refractivity contribution in [2.75, 3.05) is 26.7 Å². The average molecular weight is 268 g/mol. The number of hydrogen-bond acceptors (Lipinski definition) is 3. The van der Waals surface area contributed by atoms with E-state index in [0.29, 0.717) is 18.1 Å². The first-order chi connectivity index (χ1) is 9.15. The molecule has 2 fully saturated rings. The van der Waals surface area contributed by atoms with Crippen LogP contribution in [0, 0.1) is 17.8 Å². The monoisotopic (exact) mass is 268 g/mol. The van der Waals surface area contributed by atoms with Gasteiger partial charge in [0.25, 0.3) is 0 Å². The molecule has 1 heterocycles. The molecule has 2 N–H and O–H groups in total. The summed E-state index contributed by atoms with van der Waals surface area (Å²) in [5, 5.41) is 0. The Hall–Kier alpha value is -0.120. The fourth-order valence-electron chi connectivity index (χ4n) is 3.98. The summed E-state index contributed by atoms with van der Waals surface area (Å²) in [5.74, 6) is 2.42. The number of piperidine rings is 1. The molecule has 1 aliphatic heterocycles. The standard InChI is InChI=1S/C16H32N2O/c1-12-4-6-14(7-5-12)15(10-17)18-9-8-13(2)16(11-18)19-3/h12-16H,4-11,17H2,1-3H3. The third-order valence-corrected chi connectivity index (χ3v) is 5.54. The van der Waals surface area contributed by atoms with Crippen molar-refractivity contribution >= 4 is 0 Å². The summed E-state index contributed by atoms with van der Waals surface area (Å²) in [5.41, 5.74) is 6.11. The molecule has 0 aromatic carbocycles. The molecule has 1 saturated heterocycles. The summed E-state index contributed by atoms with van der Waals surface area (Å²) in [4.78, 5) is 2.62. The van der Waals surface area contributed by atoms with Crippen molar-refractivity contribution in [2.24, 2.45) is 23.5 Å². The third kappa shape index (κ3) is 3.71. The lowest BCUT2D eigenvalue weighted by atomic mass is 9.78. The highest BCUT2D eigenvalue weighted by molar-refractivity contribution is 4.88. The highest BCUT2D eigenvalue weighted by Crippen LogP contribution is 2.33. The van der Waals surface area contributed by atoms with Gasteiger partial charge >= 0.3 is 0 Å². The highest BCUT2D eigenvalue weighted by atomic mass is 16.5. The lowest BCUT2D eigenvalue weighted by Crippen LogP contribution is -2.53. The van der Waals surface area contributed by atoms with E-state index in [1.54, 1.807) is 0 Å². The Bertz CT molecular complexity index is 263. The summed E-state index contributed by atoms with van der Waals surface area (Å²) in [7, 11) is 1.85. The van der Waals surface area contributed by atoms with Gasteiger partial charge in [-0.1, -0.05) is 26.7 Å². The summed E-state index contributed by atoms with van der Waals surface area (Å²) in [6.45, 7) is 7.78. The molecule has 0 spiro atoms. The normalized spacial score (nSPS) is 39.2. The van der Waals surface area contributed by atoms with E-state index in [2.05, 4.69) is 18.7 Å². The third-order valence-electron chi connectivity index (χ3n) is 5.54. The fourth-order valence-corrected chi connectivity index (χ4v) is 3.98. The zero-order valence-electron chi connectivity index (χ0n) is 13.0. The molecule has 112 valence electrons. The van der Waals surface area contributed by atoms with Crippen molar-refractivity contribution in [1.29, 1.82) is 0 Å². The van der Waals surface area contributed by atoms with Crippen LogP contribution in [-0.2, 0) is 4.74 Å². The van der Waals surface area contributed by atoms with E-state index in [9.17, 15) is 0 Å². The minimum atomic E-state index is 0.394. The van der Waals surface area contributed by atoms with Crippen molar-refractivity contribution in [3.63, 3.8) is 0 Å². The second-order valence-electron chi connectivity index (χ2n) is 6.86. The van der Waals surface area contributed by atoms with E-state index >= 15 is 0 Å². The van der Waals surface area contributed by atoms with E-state index < -0.39 is 0 Å². The van der Waals surface area contributed by atoms with Gasteiger partial charge in [0.2, 0.25) is 0 Å². The Labute approximate surface area is 118 Å². The van der Waals surface area contributed by atoms with Gasteiger partial charge in [-0.2, -0.15) is 0 Å². The number of methoxy groups -OCH3 is 1. The maximum absolute atomic E-state index is 6.11. The first-order valence-corrected chi connectivity index (χ1v) is 8.12. The van der Waals surface area contributed by atoms with Crippen LogP contribution in [0.15, 0.2) is 0 Å². The van der Waals surface area contributed by atoms with Gasteiger partial charge in [0, 0.05) is 26.2 Å². The fraction of sp³-hybridized carbons (Fsp3) is 1.00. The number of nitrogens with two attached hydrogens (primary N) is 1. The smallest absolute Gasteiger partial charge is 0.0724 e. The summed E-state index contributed by atoms with van der Waals surface area (Å²) >= 11 is 0. The Morgan fingerprint density at radius 1 is 1.16 bits per heavy atom. The van der Waals surface area contributed by atoms with Crippen molar-refractivity contribution in [1.82, 2.24) is 4.90 Å². The average Bonchev–Trinajstić information content (AvgIpc) is 2.43. The van der Waals surface area contributed by atoms with Gasteiger partial charge < -0.3 is 10.5 Å². The topological polar surface area (TPSA) is 38.5 Å². The zero-order chi connectivity index (χ0) is 13.8. The number of nitrogens with zero attached hydrogens (tertiary/aromatic N) is 1. The summed E-state index contributed by atoms with van der Waals surface area (Å²) < 4.78 is 5.65. The SMILES string of the molecule is COC1CN(C(CN)C2CCC(C)CC2)CCC1C. The van der Waals surface area contributed by atoms with Crippen LogP contribution in [0.4, 0.5) is 0 Å². The molecule has 1 aliphatic carbocycles. The first-order valence-electron chi connectivity index (χ1n) is 8.12. The molecule has 0 aromatic rings. The van der Waals surface area contributed by atoms with Gasteiger partial charge in [0.15, 0.2) is 0 Å². The molecule has 2 rings (SSSR count). The lowest BCUT2D eigenvalue weighted by Gasteiger charge is -2.44. The van der Waals surface area contributed by atoms with Gasteiger partial charge in [-0.15, -0.1) is 0 Å². The molecule has 0 bridgehead atoms. The maximum Gasteiger partial charge on any atom is 0.0724 e. The minimum absolute atomic E-state index is 0.394. The van der Waals surface area contributed by atoms with Gasteiger partial charge in [-0.25, -0.2) is 0 Å². The summed E-state index contributed by atoms with van der Waals surface area (Å²) in [6.07, 6.45) is 7.15. The van der Waals surface area contributed by atoms with Gasteiger partial charge in [-0.05, 0) is 43.6 Å². The molecule has 1 saturated carbocycles. The largest absolute Gasteiger partial charge is 0.380 e. The number of hydrogen-bond donors (Lipinski definition) is 1. The number of likely N-dealkylation sites (tertiary alicyclic amines) is 1. The Balaban J connectivity index is 1.93. The predicted molar refractivity (Wildman–Crippen MR) is 80.1 cm³/mol. The van der Waals surface area contributed by atoms with E-state index in [1.807, 2.05) is 7.11 Å². The van der Waals surface area contributed by atoms with Crippen LogP contribution in [0.1, 0.15) is 46.0 Å². The molecule has 3 unspecified atom stereocenters. The van der Waals surface area contributed by atoms with Crippen LogP contribution in [0.25, 0.3) is 0 Å². The molecule has 3 nitrogen and oxygen atoms in total. The van der Waals surface area contributed by atoms with Crippen molar-refractivity contribution in [2.45, 2.75) is 58.1 Å². The molecule has 2 aliphatic rings. The van der Waals surface area contributed by atoms with Crippen LogP contribution in [0.3, 0.4) is 0 Å². The Morgan fingerprint density at radius 2 is 1.84 bits per heavy atom. The van der Waals surface area contributed by atoms with Crippen LogP contribution in [0.2, 0.25) is 0 Å². The number of ether oxygens (including phenoxy) is 1. The molecular formula is C16H32N2O. The summed E-state index contributed by atoms with van der Waals surface area (Å²) in [6, 6.07) is 0.581. The van der Waals surface area contributed by atoms with Crippen LogP contribution >= 0.6 is 0 Å². The predicted octanol–water partition coefficient (Wildman–Crippen LogP) is 2.50. The van der Waals surface area contributed by atoms with Crippen molar-refractivity contribution in [3.8, 4) is 0 Å². The quantitative estimate of drug-likeness (QED) is 0.851. The molecule has 19 heavy (non-hydrogen) atoms. The second kappa shape index (κ2) is 7.05. The molecule has 0 radical (unpaired) electrons. The molecular weight excluding hydrogens is 236 g/mol.